The fraction of sp³-hybridized carbons (Fsp3) is 0. The van der Waals surface area contributed by atoms with Crippen LogP contribution in [-0.4, -0.2) is 4.98 Å². The first-order valence-electron chi connectivity index (χ1n) is 17.1. The van der Waals surface area contributed by atoms with Gasteiger partial charge in [-0.1, -0.05) is 115 Å². The number of oxazole rings is 1. The quantitative estimate of drug-likeness (QED) is 0.176. The third-order valence-corrected chi connectivity index (χ3v) is 10.8. The number of hydrogen-bond acceptors (Lipinski definition) is 4. The van der Waals surface area contributed by atoms with Crippen LogP contribution in [0, 0.1) is 0 Å². The molecule has 2 heterocycles. The normalized spacial score (nSPS) is 11.5. The van der Waals surface area contributed by atoms with Crippen LogP contribution < -0.4 is 4.90 Å². The molecule has 0 aliphatic carbocycles. The summed E-state index contributed by atoms with van der Waals surface area (Å²) in [5.74, 6) is 0.638. The fourth-order valence-electron chi connectivity index (χ4n) is 7.17. The van der Waals surface area contributed by atoms with Crippen LogP contribution in [0.4, 0.5) is 17.1 Å². The van der Waals surface area contributed by atoms with Crippen LogP contribution >= 0.6 is 11.3 Å². The largest absolute Gasteiger partial charge is 0.436 e. The van der Waals surface area contributed by atoms with Crippen LogP contribution in [0.2, 0.25) is 0 Å². The first kappa shape index (κ1) is 29.4. The van der Waals surface area contributed by atoms with Crippen molar-refractivity contribution >= 4 is 70.4 Å². The van der Waals surface area contributed by atoms with Crippen molar-refractivity contribution < 1.29 is 4.42 Å². The Balaban J connectivity index is 1.15. The molecule has 10 rings (SSSR count). The molecule has 0 bridgehead atoms. The molecule has 0 atom stereocenters. The molecule has 0 spiro atoms. The summed E-state index contributed by atoms with van der Waals surface area (Å²) in [6.45, 7) is 0. The summed E-state index contributed by atoms with van der Waals surface area (Å²) in [6.07, 6.45) is 0. The van der Waals surface area contributed by atoms with Crippen molar-refractivity contribution in [2.24, 2.45) is 0 Å². The highest BCUT2D eigenvalue weighted by atomic mass is 32.1. The number of rotatable bonds is 6. The van der Waals surface area contributed by atoms with Crippen molar-refractivity contribution in [3.05, 3.63) is 182 Å². The highest BCUT2D eigenvalue weighted by Crippen LogP contribution is 2.46. The van der Waals surface area contributed by atoms with Crippen LogP contribution in [-0.2, 0) is 0 Å². The van der Waals surface area contributed by atoms with E-state index in [-0.39, 0.29) is 0 Å². The van der Waals surface area contributed by atoms with Gasteiger partial charge in [0.25, 0.3) is 0 Å². The second-order valence-corrected chi connectivity index (χ2v) is 13.9. The van der Waals surface area contributed by atoms with Crippen LogP contribution in [0.1, 0.15) is 0 Å². The second kappa shape index (κ2) is 12.1. The minimum absolute atomic E-state index is 0.638. The van der Waals surface area contributed by atoms with E-state index in [2.05, 4.69) is 157 Å². The number of aromatic nitrogens is 1. The minimum atomic E-state index is 0.638. The molecule has 8 aromatic carbocycles. The van der Waals surface area contributed by atoms with Crippen molar-refractivity contribution in [2.75, 3.05) is 4.90 Å². The molecule has 2 aromatic heterocycles. The Hall–Kier alpha value is -6.49. The molecule has 0 aliphatic heterocycles. The lowest BCUT2D eigenvalue weighted by Gasteiger charge is -2.27. The van der Waals surface area contributed by atoms with E-state index in [9.17, 15) is 0 Å². The van der Waals surface area contributed by atoms with Gasteiger partial charge in [-0.15, -0.1) is 11.3 Å². The van der Waals surface area contributed by atoms with E-state index >= 15 is 0 Å². The van der Waals surface area contributed by atoms with Gasteiger partial charge in [0.05, 0.1) is 5.69 Å². The van der Waals surface area contributed by atoms with Gasteiger partial charge in [0.2, 0.25) is 5.89 Å². The molecule has 0 amide bonds. The lowest BCUT2D eigenvalue weighted by Crippen LogP contribution is -2.10. The van der Waals surface area contributed by atoms with Gasteiger partial charge in [-0.2, -0.15) is 0 Å². The summed E-state index contributed by atoms with van der Waals surface area (Å²) in [4.78, 5) is 7.27. The van der Waals surface area contributed by atoms with Crippen LogP contribution in [0.15, 0.2) is 186 Å². The lowest BCUT2D eigenvalue weighted by atomic mass is 10.0. The monoisotopic (exact) mass is 670 g/mol. The Labute approximate surface area is 299 Å². The molecule has 0 fully saturated rings. The molecule has 0 saturated carbocycles. The maximum Gasteiger partial charge on any atom is 0.227 e. The molecule has 51 heavy (non-hydrogen) atoms. The van der Waals surface area contributed by atoms with Gasteiger partial charge < -0.3 is 9.32 Å². The predicted molar refractivity (Wildman–Crippen MR) is 215 cm³/mol. The highest BCUT2D eigenvalue weighted by Gasteiger charge is 2.20. The smallest absolute Gasteiger partial charge is 0.227 e. The van der Waals surface area contributed by atoms with Crippen molar-refractivity contribution in [1.29, 1.82) is 0 Å². The topological polar surface area (TPSA) is 29.3 Å². The van der Waals surface area contributed by atoms with Gasteiger partial charge in [-0.05, 0) is 99.8 Å². The molecular formula is C47H30N2OS. The standard InChI is InChI=1S/C47H30N2OS/c1-3-11-31(12-4-1)36-17-9-18-39(28-36)49(38-25-23-33(24-26-38)37-22-21-32-13-7-8-16-35(32)27-37)42-19-10-20-44-46(42)40-29-43-41(30-45(40)51-44)48-47(50-43)34-14-5-2-6-15-34/h1-30H. The number of hydrogen-bond donors (Lipinski definition) is 0. The Kier molecular flexibility index (Phi) is 7.00. The average molecular weight is 671 g/mol. The van der Waals surface area contributed by atoms with E-state index in [4.69, 9.17) is 9.40 Å². The molecule has 0 saturated heterocycles. The van der Waals surface area contributed by atoms with Gasteiger partial charge in [0, 0.05) is 37.1 Å². The molecule has 0 aliphatic rings. The van der Waals surface area contributed by atoms with E-state index in [1.807, 2.05) is 30.3 Å². The molecule has 0 radical (unpaired) electrons. The van der Waals surface area contributed by atoms with Crippen molar-refractivity contribution in [1.82, 2.24) is 4.98 Å². The Morgan fingerprint density at radius 3 is 1.94 bits per heavy atom. The van der Waals surface area contributed by atoms with Crippen LogP contribution in [0.25, 0.3) is 75.8 Å². The van der Waals surface area contributed by atoms with Gasteiger partial charge in [0.15, 0.2) is 5.58 Å². The van der Waals surface area contributed by atoms with Gasteiger partial charge in [-0.25, -0.2) is 4.98 Å². The van der Waals surface area contributed by atoms with E-state index in [0.717, 1.165) is 39.1 Å². The SMILES string of the molecule is c1ccc(-c2cccc(N(c3ccc(-c4ccc5ccccc5c4)cc3)c3cccc4sc5cc6nc(-c7ccccc7)oc6cc5c34)c2)cc1. The lowest BCUT2D eigenvalue weighted by molar-refractivity contribution is 0.620. The predicted octanol–water partition coefficient (Wildman–Crippen LogP) is 13.8. The molecule has 3 nitrogen and oxygen atoms in total. The molecule has 240 valence electrons. The first-order chi connectivity index (χ1) is 25.2. The molecule has 0 unspecified atom stereocenters. The van der Waals surface area contributed by atoms with Gasteiger partial charge >= 0.3 is 0 Å². The molecular weight excluding hydrogens is 641 g/mol. The third-order valence-electron chi connectivity index (χ3n) is 9.66. The van der Waals surface area contributed by atoms with Crippen molar-refractivity contribution in [3.63, 3.8) is 0 Å². The van der Waals surface area contributed by atoms with Gasteiger partial charge in [-0.3, -0.25) is 0 Å². The average Bonchev–Trinajstić information content (AvgIpc) is 3.79. The zero-order valence-electron chi connectivity index (χ0n) is 27.5. The van der Waals surface area contributed by atoms with Crippen molar-refractivity contribution in [3.8, 4) is 33.7 Å². The van der Waals surface area contributed by atoms with Gasteiger partial charge in [0.1, 0.15) is 5.52 Å². The van der Waals surface area contributed by atoms with Crippen LogP contribution in [0.5, 0.6) is 0 Å². The Bertz CT molecular complexity index is 2850. The molecule has 10 aromatic rings. The Morgan fingerprint density at radius 1 is 0.451 bits per heavy atom. The second-order valence-electron chi connectivity index (χ2n) is 12.8. The van der Waals surface area contributed by atoms with E-state index < -0.39 is 0 Å². The first-order valence-corrected chi connectivity index (χ1v) is 17.9. The summed E-state index contributed by atoms with van der Waals surface area (Å²) < 4.78 is 8.78. The summed E-state index contributed by atoms with van der Waals surface area (Å²) in [6, 6.07) is 64.7. The maximum atomic E-state index is 6.38. The molecule has 4 heteroatoms. The highest BCUT2D eigenvalue weighted by molar-refractivity contribution is 7.26. The summed E-state index contributed by atoms with van der Waals surface area (Å²) >= 11 is 1.80. The zero-order chi connectivity index (χ0) is 33.7. The number of thiophene rings is 1. The summed E-state index contributed by atoms with van der Waals surface area (Å²) in [5, 5.41) is 4.84. The molecule has 0 N–H and O–H groups in total. The summed E-state index contributed by atoms with van der Waals surface area (Å²) in [5.41, 5.74) is 10.7. The fourth-order valence-corrected chi connectivity index (χ4v) is 8.31. The number of nitrogens with zero attached hydrogens (tertiary/aromatic N) is 2. The van der Waals surface area contributed by atoms with E-state index in [1.165, 1.54) is 47.8 Å². The maximum absolute atomic E-state index is 6.38. The number of anilines is 3. The Morgan fingerprint density at radius 2 is 1.12 bits per heavy atom. The number of fused-ring (bicyclic) bond motifs is 5. The van der Waals surface area contributed by atoms with Crippen LogP contribution in [0.3, 0.4) is 0 Å². The summed E-state index contributed by atoms with van der Waals surface area (Å²) in [7, 11) is 0. The zero-order valence-corrected chi connectivity index (χ0v) is 28.3. The third kappa shape index (κ3) is 5.25. The number of benzene rings is 8. The van der Waals surface area contributed by atoms with E-state index in [1.54, 1.807) is 11.3 Å². The van der Waals surface area contributed by atoms with Crippen molar-refractivity contribution in [2.45, 2.75) is 0 Å². The van der Waals surface area contributed by atoms with E-state index in [0.29, 0.717) is 5.89 Å². The minimum Gasteiger partial charge on any atom is -0.436 e.